The van der Waals surface area contributed by atoms with Gasteiger partial charge in [-0.25, -0.2) is 12.7 Å². The molecule has 0 unspecified atom stereocenters. The van der Waals surface area contributed by atoms with Gasteiger partial charge in [0, 0.05) is 30.4 Å². The third kappa shape index (κ3) is 3.90. The second kappa shape index (κ2) is 6.70. The molecular weight excluding hydrogens is 336 g/mol. The molecule has 0 heterocycles. The number of rotatable bonds is 4. The molecular formula is C16H17ClN2O3S. The van der Waals surface area contributed by atoms with E-state index >= 15 is 0 Å². The van der Waals surface area contributed by atoms with Crippen molar-refractivity contribution in [3.8, 4) is 0 Å². The molecule has 0 saturated heterocycles. The fourth-order valence-corrected chi connectivity index (χ4v) is 2.96. The SMILES string of the molecule is Cc1ccc(S(=O)(=O)N(C)C)cc1NC(=O)c1ccc(Cl)cc1. The number of amides is 1. The first kappa shape index (κ1) is 17.5. The number of hydrogen-bond donors (Lipinski definition) is 1. The molecule has 0 spiro atoms. The Bertz CT molecular complexity index is 831. The molecule has 0 fully saturated rings. The van der Waals surface area contributed by atoms with E-state index in [0.29, 0.717) is 16.3 Å². The molecule has 0 saturated carbocycles. The van der Waals surface area contributed by atoms with Gasteiger partial charge in [0.1, 0.15) is 0 Å². The molecule has 0 aliphatic carbocycles. The highest BCUT2D eigenvalue weighted by Gasteiger charge is 2.18. The largest absolute Gasteiger partial charge is 0.322 e. The van der Waals surface area contributed by atoms with Crippen molar-refractivity contribution < 1.29 is 13.2 Å². The van der Waals surface area contributed by atoms with Crippen molar-refractivity contribution in [1.82, 2.24) is 4.31 Å². The van der Waals surface area contributed by atoms with Crippen molar-refractivity contribution in [2.24, 2.45) is 0 Å². The Morgan fingerprint density at radius 2 is 1.70 bits per heavy atom. The summed E-state index contributed by atoms with van der Waals surface area (Å²) >= 11 is 5.80. The molecule has 2 aromatic rings. The van der Waals surface area contributed by atoms with Gasteiger partial charge in [-0.2, -0.15) is 0 Å². The minimum Gasteiger partial charge on any atom is -0.322 e. The van der Waals surface area contributed by atoms with E-state index in [1.807, 2.05) is 0 Å². The molecule has 1 amide bonds. The number of nitrogens with zero attached hydrogens (tertiary/aromatic N) is 1. The van der Waals surface area contributed by atoms with Crippen molar-refractivity contribution in [1.29, 1.82) is 0 Å². The summed E-state index contributed by atoms with van der Waals surface area (Å²) in [5.41, 5.74) is 1.66. The lowest BCUT2D eigenvalue weighted by atomic mass is 10.1. The van der Waals surface area contributed by atoms with Crippen LogP contribution in [0.3, 0.4) is 0 Å². The lowest BCUT2D eigenvalue weighted by molar-refractivity contribution is 0.102. The Balaban J connectivity index is 2.33. The van der Waals surface area contributed by atoms with Gasteiger partial charge in [0.05, 0.1) is 4.90 Å². The number of aryl methyl sites for hydroxylation is 1. The van der Waals surface area contributed by atoms with Gasteiger partial charge in [0.2, 0.25) is 10.0 Å². The highest BCUT2D eigenvalue weighted by molar-refractivity contribution is 7.89. The van der Waals surface area contributed by atoms with E-state index in [4.69, 9.17) is 11.6 Å². The standard InChI is InChI=1S/C16H17ClN2O3S/c1-11-4-9-14(23(21,22)19(2)3)10-15(11)18-16(20)12-5-7-13(17)8-6-12/h4-10H,1-3H3,(H,18,20). The van der Waals surface area contributed by atoms with Crippen LogP contribution in [0.4, 0.5) is 5.69 Å². The van der Waals surface area contributed by atoms with Crippen molar-refractivity contribution in [3.05, 3.63) is 58.6 Å². The zero-order valence-corrected chi connectivity index (χ0v) is 14.6. The molecule has 0 bridgehead atoms. The first-order valence-corrected chi connectivity index (χ1v) is 8.63. The molecule has 122 valence electrons. The van der Waals surface area contributed by atoms with Crippen molar-refractivity contribution in [3.63, 3.8) is 0 Å². The van der Waals surface area contributed by atoms with Gasteiger partial charge in [-0.1, -0.05) is 17.7 Å². The number of sulfonamides is 1. The number of carbonyl (C=O) groups excluding carboxylic acids is 1. The molecule has 2 aromatic carbocycles. The van der Waals surface area contributed by atoms with Crippen LogP contribution in [0.25, 0.3) is 0 Å². The van der Waals surface area contributed by atoms with Crippen LogP contribution < -0.4 is 5.32 Å². The van der Waals surface area contributed by atoms with Crippen LogP contribution in [-0.2, 0) is 10.0 Å². The highest BCUT2D eigenvalue weighted by atomic mass is 35.5. The number of benzene rings is 2. The van der Waals surface area contributed by atoms with E-state index < -0.39 is 10.0 Å². The Morgan fingerprint density at radius 1 is 1.09 bits per heavy atom. The molecule has 23 heavy (non-hydrogen) atoms. The van der Waals surface area contributed by atoms with Gasteiger partial charge in [0.25, 0.3) is 5.91 Å². The molecule has 0 aromatic heterocycles. The normalized spacial score (nSPS) is 11.5. The number of anilines is 1. The fraction of sp³-hybridized carbons (Fsp3) is 0.188. The molecule has 1 N–H and O–H groups in total. The van der Waals surface area contributed by atoms with E-state index in [0.717, 1.165) is 9.87 Å². The molecule has 2 rings (SSSR count). The van der Waals surface area contributed by atoms with Gasteiger partial charge in [-0.05, 0) is 48.9 Å². The van der Waals surface area contributed by atoms with E-state index in [1.54, 1.807) is 37.3 Å². The zero-order valence-electron chi connectivity index (χ0n) is 13.0. The van der Waals surface area contributed by atoms with Crippen molar-refractivity contribution in [2.75, 3.05) is 19.4 Å². The summed E-state index contributed by atoms with van der Waals surface area (Å²) in [7, 11) is -0.639. The molecule has 7 heteroatoms. The average Bonchev–Trinajstić information content (AvgIpc) is 2.49. The van der Waals surface area contributed by atoms with Crippen LogP contribution in [0.15, 0.2) is 47.4 Å². The van der Waals surface area contributed by atoms with E-state index in [-0.39, 0.29) is 10.8 Å². The maximum atomic E-state index is 12.3. The Kier molecular flexibility index (Phi) is 5.09. The third-order valence-corrected chi connectivity index (χ3v) is 5.41. The molecule has 0 aliphatic heterocycles. The molecule has 0 radical (unpaired) electrons. The predicted molar refractivity (Wildman–Crippen MR) is 91.5 cm³/mol. The number of nitrogens with one attached hydrogen (secondary N) is 1. The van der Waals surface area contributed by atoms with Gasteiger partial charge >= 0.3 is 0 Å². The lowest BCUT2D eigenvalue weighted by Crippen LogP contribution is -2.22. The first-order valence-electron chi connectivity index (χ1n) is 6.82. The van der Waals surface area contributed by atoms with Crippen LogP contribution in [0.2, 0.25) is 5.02 Å². The third-order valence-electron chi connectivity index (χ3n) is 3.34. The van der Waals surface area contributed by atoms with Gasteiger partial charge in [-0.15, -0.1) is 0 Å². The minimum atomic E-state index is -3.56. The molecule has 0 aliphatic rings. The average molecular weight is 353 g/mol. The Labute approximate surface area is 140 Å². The van der Waals surface area contributed by atoms with Crippen LogP contribution >= 0.6 is 11.6 Å². The monoisotopic (exact) mass is 352 g/mol. The quantitative estimate of drug-likeness (QED) is 0.919. The Hall–Kier alpha value is -1.89. The lowest BCUT2D eigenvalue weighted by Gasteiger charge is -2.14. The second-order valence-corrected chi connectivity index (χ2v) is 7.81. The summed E-state index contributed by atoms with van der Waals surface area (Å²) in [6.45, 7) is 1.80. The summed E-state index contributed by atoms with van der Waals surface area (Å²) in [5, 5.41) is 3.27. The summed E-state index contributed by atoms with van der Waals surface area (Å²) in [5.74, 6) is -0.329. The number of hydrogen-bond acceptors (Lipinski definition) is 3. The van der Waals surface area contributed by atoms with Crippen LogP contribution in [0.1, 0.15) is 15.9 Å². The van der Waals surface area contributed by atoms with Crippen LogP contribution in [0.5, 0.6) is 0 Å². The van der Waals surface area contributed by atoms with Gasteiger partial charge in [0.15, 0.2) is 0 Å². The van der Waals surface area contributed by atoms with E-state index in [2.05, 4.69) is 5.32 Å². The van der Waals surface area contributed by atoms with Gasteiger partial charge in [-0.3, -0.25) is 4.79 Å². The first-order chi connectivity index (χ1) is 10.7. The smallest absolute Gasteiger partial charge is 0.255 e. The predicted octanol–water partition coefficient (Wildman–Crippen LogP) is 3.15. The van der Waals surface area contributed by atoms with E-state index in [1.165, 1.54) is 26.2 Å². The number of halogens is 1. The maximum absolute atomic E-state index is 12.3. The summed E-state index contributed by atoms with van der Waals surface area (Å²) in [4.78, 5) is 12.4. The molecule has 0 atom stereocenters. The summed E-state index contributed by atoms with van der Waals surface area (Å²) < 4.78 is 25.5. The van der Waals surface area contributed by atoms with Crippen LogP contribution in [-0.4, -0.2) is 32.7 Å². The van der Waals surface area contributed by atoms with Crippen LogP contribution in [0, 0.1) is 6.92 Å². The number of carbonyl (C=O) groups is 1. The van der Waals surface area contributed by atoms with Crippen molar-refractivity contribution >= 4 is 33.2 Å². The zero-order chi connectivity index (χ0) is 17.2. The highest BCUT2D eigenvalue weighted by Crippen LogP contribution is 2.22. The Morgan fingerprint density at radius 3 is 2.26 bits per heavy atom. The summed E-state index contributed by atoms with van der Waals surface area (Å²) in [6, 6.07) is 11.1. The van der Waals surface area contributed by atoms with Crippen molar-refractivity contribution in [2.45, 2.75) is 11.8 Å². The minimum absolute atomic E-state index is 0.125. The van der Waals surface area contributed by atoms with Gasteiger partial charge < -0.3 is 5.32 Å². The maximum Gasteiger partial charge on any atom is 0.255 e. The fourth-order valence-electron chi connectivity index (χ4n) is 1.90. The molecule has 5 nitrogen and oxygen atoms in total. The summed E-state index contributed by atoms with van der Waals surface area (Å²) in [6.07, 6.45) is 0. The topological polar surface area (TPSA) is 66.5 Å². The van der Waals surface area contributed by atoms with E-state index in [9.17, 15) is 13.2 Å². The second-order valence-electron chi connectivity index (χ2n) is 5.23.